The first-order valence-electron chi connectivity index (χ1n) is 7.00. The van der Waals surface area contributed by atoms with Crippen molar-refractivity contribution in [2.24, 2.45) is 0 Å². The van der Waals surface area contributed by atoms with Crippen molar-refractivity contribution in [2.75, 3.05) is 0 Å². The van der Waals surface area contributed by atoms with E-state index in [1.165, 1.54) is 19.8 Å². The molecule has 20 heavy (non-hydrogen) atoms. The molecule has 1 atom stereocenters. The summed E-state index contributed by atoms with van der Waals surface area (Å²) in [6.07, 6.45) is 6.50. The van der Waals surface area contributed by atoms with E-state index >= 15 is 0 Å². The third kappa shape index (κ3) is 7.52. The maximum atomic E-state index is 11.6. The fourth-order valence-corrected chi connectivity index (χ4v) is 2.69. The van der Waals surface area contributed by atoms with Crippen LogP contribution < -0.4 is 29.6 Å². The monoisotopic (exact) mass is 316 g/mol. The minimum atomic E-state index is -5.01. The molecule has 0 saturated carbocycles. The zero-order valence-electron chi connectivity index (χ0n) is 12.9. The number of hydrogen-bond acceptors (Lipinski definition) is 5. The second kappa shape index (κ2) is 11.2. The van der Waals surface area contributed by atoms with E-state index in [0.29, 0.717) is 6.42 Å². The van der Waals surface area contributed by atoms with Gasteiger partial charge in [-0.2, -0.15) is 0 Å². The van der Waals surface area contributed by atoms with E-state index in [4.69, 9.17) is 0 Å². The topological polar surface area (TPSA) is 94.5 Å². The van der Waals surface area contributed by atoms with Gasteiger partial charge < -0.3 is 9.66 Å². The fraction of sp³-hybridized carbons (Fsp3) is 0.923. The summed E-state index contributed by atoms with van der Waals surface area (Å²) >= 11 is 0. The van der Waals surface area contributed by atoms with Gasteiger partial charge in [0.25, 0.3) is 0 Å². The molecule has 0 aromatic heterocycles. The Labute approximate surface area is 144 Å². The smallest absolute Gasteiger partial charge is 0.745 e. The predicted octanol–water partition coefficient (Wildman–Crippen LogP) is -0.656. The molecule has 0 spiro atoms. The van der Waals surface area contributed by atoms with Gasteiger partial charge >= 0.3 is 29.6 Å². The number of hydrogen-bond donors (Lipinski definition) is 1. The van der Waals surface area contributed by atoms with Gasteiger partial charge in [-0.1, -0.05) is 52.4 Å². The van der Waals surface area contributed by atoms with Crippen LogP contribution in [0, 0.1) is 0 Å². The van der Waals surface area contributed by atoms with Crippen LogP contribution in [0.15, 0.2) is 0 Å². The van der Waals surface area contributed by atoms with Crippen LogP contribution in [0.25, 0.3) is 0 Å². The maximum absolute atomic E-state index is 11.6. The van der Waals surface area contributed by atoms with Crippen LogP contribution in [-0.2, 0) is 14.9 Å². The molecule has 114 valence electrons. The molecular weight excluding hydrogens is 291 g/mol. The van der Waals surface area contributed by atoms with Crippen molar-refractivity contribution < 1.29 is 52.4 Å². The van der Waals surface area contributed by atoms with Crippen LogP contribution in [0.5, 0.6) is 0 Å². The summed E-state index contributed by atoms with van der Waals surface area (Å²) in [7, 11) is -5.01. The molecule has 0 radical (unpaired) electrons. The van der Waals surface area contributed by atoms with Gasteiger partial charge in [0.2, 0.25) is 4.93 Å². The molecule has 0 aliphatic rings. The van der Waals surface area contributed by atoms with Gasteiger partial charge in [0.1, 0.15) is 10.1 Å². The minimum absolute atomic E-state index is 0. The minimum Gasteiger partial charge on any atom is -0.745 e. The van der Waals surface area contributed by atoms with Crippen LogP contribution in [0.3, 0.4) is 0 Å². The number of carbonyl (C=O) groups is 1. The first-order chi connectivity index (χ1) is 8.79. The third-order valence-electron chi connectivity index (χ3n) is 3.34. The van der Waals surface area contributed by atoms with Gasteiger partial charge in [-0.05, 0) is 12.8 Å². The molecule has 0 fully saturated rings. The molecule has 1 unspecified atom stereocenters. The van der Waals surface area contributed by atoms with Crippen molar-refractivity contribution in [1.82, 2.24) is 0 Å². The number of carbonyl (C=O) groups excluding carboxylic acids is 1. The molecule has 1 N–H and O–H groups in total. The van der Waals surface area contributed by atoms with Crippen LogP contribution in [-0.4, -0.2) is 28.8 Å². The van der Waals surface area contributed by atoms with Crippen molar-refractivity contribution in [2.45, 2.75) is 76.6 Å². The first kappa shape index (κ1) is 22.8. The molecule has 0 bridgehead atoms. The van der Waals surface area contributed by atoms with E-state index in [0.717, 1.165) is 25.7 Å². The molecule has 0 saturated heterocycles. The number of rotatable bonds is 11. The second-order valence-electron chi connectivity index (χ2n) is 4.89. The second-order valence-corrected chi connectivity index (χ2v) is 6.47. The quantitative estimate of drug-likeness (QED) is 0.310. The van der Waals surface area contributed by atoms with E-state index in [9.17, 15) is 22.9 Å². The molecule has 0 aromatic carbocycles. The Balaban J connectivity index is 0. The molecule has 0 rings (SSSR count). The van der Waals surface area contributed by atoms with Crippen molar-refractivity contribution in [1.29, 1.82) is 0 Å². The van der Waals surface area contributed by atoms with Gasteiger partial charge in [0, 0.05) is 6.42 Å². The Morgan fingerprint density at radius 1 is 1.05 bits per heavy atom. The summed E-state index contributed by atoms with van der Waals surface area (Å²) in [5.41, 5.74) is 0. The van der Waals surface area contributed by atoms with Crippen LogP contribution in [0.2, 0.25) is 0 Å². The van der Waals surface area contributed by atoms with Gasteiger partial charge in [-0.15, -0.1) is 0 Å². The first-order valence-corrected chi connectivity index (χ1v) is 8.41. The zero-order chi connectivity index (χ0) is 14.9. The van der Waals surface area contributed by atoms with Gasteiger partial charge in [0.05, 0.1) is 0 Å². The number of ketones is 1. The predicted molar refractivity (Wildman–Crippen MR) is 72.6 cm³/mol. The largest absolute Gasteiger partial charge is 1.00 e. The average Bonchev–Trinajstić information content (AvgIpc) is 2.35. The Kier molecular flexibility index (Phi) is 12.7. The Morgan fingerprint density at radius 3 is 1.90 bits per heavy atom. The normalized spacial score (nSPS) is 14.4. The molecule has 5 nitrogen and oxygen atoms in total. The standard InChI is InChI=1S/C13H26O5S.Na/c1-3-5-6-7-8-9-10-11-12(14)13(15,4-2)19(16,17)18;/h15H,3-11H2,1-2H3,(H,16,17,18);/q;+1/p-1. The van der Waals surface area contributed by atoms with Crippen molar-refractivity contribution in [3.63, 3.8) is 0 Å². The average molecular weight is 316 g/mol. The van der Waals surface area contributed by atoms with Crippen LogP contribution in [0.4, 0.5) is 0 Å². The summed E-state index contributed by atoms with van der Waals surface area (Å²) in [4.78, 5) is 8.91. The molecule has 0 heterocycles. The van der Waals surface area contributed by atoms with Crippen molar-refractivity contribution >= 4 is 15.9 Å². The number of unbranched alkanes of at least 4 members (excludes halogenated alkanes) is 6. The zero-order valence-corrected chi connectivity index (χ0v) is 15.7. The Hall–Kier alpha value is 0.540. The summed E-state index contributed by atoms with van der Waals surface area (Å²) in [6, 6.07) is 0. The summed E-state index contributed by atoms with van der Waals surface area (Å²) in [5.74, 6) is -0.876. The summed E-state index contributed by atoms with van der Waals surface area (Å²) < 4.78 is 32.7. The molecule has 0 aliphatic heterocycles. The van der Waals surface area contributed by atoms with Crippen LogP contribution >= 0.6 is 0 Å². The Bertz CT molecular complexity index is 369. The fourth-order valence-electron chi connectivity index (χ4n) is 1.95. The third-order valence-corrected chi connectivity index (χ3v) is 4.68. The van der Waals surface area contributed by atoms with E-state index < -0.39 is 27.3 Å². The van der Waals surface area contributed by atoms with Gasteiger partial charge in [-0.25, -0.2) is 8.42 Å². The molecular formula is C13H25NaO5S. The van der Waals surface area contributed by atoms with Gasteiger partial charge in [-0.3, -0.25) is 4.79 Å². The molecule has 0 amide bonds. The van der Waals surface area contributed by atoms with E-state index in [1.54, 1.807) is 0 Å². The van der Waals surface area contributed by atoms with Crippen LogP contribution in [0.1, 0.15) is 71.6 Å². The Morgan fingerprint density at radius 2 is 1.50 bits per heavy atom. The van der Waals surface area contributed by atoms with E-state index in [-0.39, 0.29) is 36.0 Å². The summed E-state index contributed by atoms with van der Waals surface area (Å²) in [6.45, 7) is 3.45. The summed E-state index contributed by atoms with van der Waals surface area (Å²) in [5, 5.41) is 9.65. The van der Waals surface area contributed by atoms with E-state index in [2.05, 4.69) is 6.92 Å². The maximum Gasteiger partial charge on any atom is 1.00 e. The molecule has 0 aromatic rings. The van der Waals surface area contributed by atoms with Crippen molar-refractivity contribution in [3.8, 4) is 0 Å². The number of Topliss-reactive ketones (excluding diaryl/α,β-unsaturated/α-hetero) is 1. The van der Waals surface area contributed by atoms with Gasteiger partial charge in [0.15, 0.2) is 5.78 Å². The van der Waals surface area contributed by atoms with Crippen molar-refractivity contribution in [3.05, 3.63) is 0 Å². The molecule has 0 aliphatic carbocycles. The number of aliphatic hydroxyl groups is 1. The van der Waals surface area contributed by atoms with E-state index in [1.807, 2.05) is 0 Å². The molecule has 7 heteroatoms. The SMILES string of the molecule is CCCCCCCCCC(=O)C(O)(CC)S(=O)(=O)[O-].[Na+].